The van der Waals surface area contributed by atoms with Crippen LogP contribution in [0.4, 0.5) is 14.5 Å². The molecule has 0 spiro atoms. The zero-order valence-electron chi connectivity index (χ0n) is 8.87. The number of hydrogen-bond donors (Lipinski definition) is 1. The lowest BCUT2D eigenvalue weighted by molar-refractivity contribution is -0.116. The van der Waals surface area contributed by atoms with E-state index in [-0.39, 0.29) is 5.91 Å². The van der Waals surface area contributed by atoms with E-state index in [0.717, 1.165) is 6.42 Å². The third-order valence-electron chi connectivity index (χ3n) is 1.84. The number of alkyl halides is 2. The topological polar surface area (TPSA) is 29.1 Å². The van der Waals surface area contributed by atoms with Gasteiger partial charge in [-0.25, -0.2) is 0 Å². The summed E-state index contributed by atoms with van der Waals surface area (Å²) in [6.07, 6.45) is 1.25. The lowest BCUT2D eigenvalue weighted by atomic mass is 10.3. The van der Waals surface area contributed by atoms with Crippen molar-refractivity contribution in [2.45, 2.75) is 30.4 Å². The number of halogens is 2. The fourth-order valence-corrected chi connectivity index (χ4v) is 1.67. The molecular formula is C11H13F2NOS. The summed E-state index contributed by atoms with van der Waals surface area (Å²) in [4.78, 5) is 11.7. The van der Waals surface area contributed by atoms with Crippen molar-refractivity contribution in [1.29, 1.82) is 0 Å². The van der Waals surface area contributed by atoms with Gasteiger partial charge in [-0.15, -0.1) is 0 Å². The second-order valence-electron chi connectivity index (χ2n) is 3.20. The summed E-state index contributed by atoms with van der Waals surface area (Å²) in [6.45, 7) is 1.92. The molecule has 0 bridgehead atoms. The van der Waals surface area contributed by atoms with Crippen molar-refractivity contribution in [1.82, 2.24) is 0 Å². The molecule has 0 aliphatic carbocycles. The molecule has 0 fully saturated rings. The van der Waals surface area contributed by atoms with Gasteiger partial charge in [0.25, 0.3) is 5.76 Å². The molecule has 1 aromatic rings. The Bertz CT molecular complexity index is 340. The Morgan fingerprint density at radius 2 is 2.00 bits per heavy atom. The van der Waals surface area contributed by atoms with Crippen LogP contribution in [0.25, 0.3) is 0 Å². The Balaban J connectivity index is 2.54. The van der Waals surface area contributed by atoms with E-state index in [4.69, 9.17) is 0 Å². The molecule has 0 aromatic heterocycles. The fraction of sp³-hybridized carbons (Fsp3) is 0.364. The van der Waals surface area contributed by atoms with E-state index < -0.39 is 5.76 Å². The van der Waals surface area contributed by atoms with Crippen LogP contribution >= 0.6 is 11.8 Å². The van der Waals surface area contributed by atoms with Crippen LogP contribution in [0.3, 0.4) is 0 Å². The first-order chi connectivity index (χ1) is 7.61. The average molecular weight is 245 g/mol. The van der Waals surface area contributed by atoms with E-state index in [2.05, 4.69) is 5.32 Å². The van der Waals surface area contributed by atoms with E-state index in [1.807, 2.05) is 6.92 Å². The van der Waals surface area contributed by atoms with Gasteiger partial charge in [0.05, 0.1) is 0 Å². The quantitative estimate of drug-likeness (QED) is 0.801. The fourth-order valence-electron chi connectivity index (χ4n) is 1.17. The minimum Gasteiger partial charge on any atom is -0.326 e. The number of benzene rings is 1. The van der Waals surface area contributed by atoms with Crippen molar-refractivity contribution in [2.24, 2.45) is 0 Å². The minimum atomic E-state index is -2.42. The zero-order valence-corrected chi connectivity index (χ0v) is 9.69. The van der Waals surface area contributed by atoms with Crippen LogP contribution in [0.5, 0.6) is 0 Å². The predicted octanol–water partition coefficient (Wildman–Crippen LogP) is 3.74. The summed E-state index contributed by atoms with van der Waals surface area (Å²) in [6, 6.07) is 6.38. The Kier molecular flexibility index (Phi) is 5.25. The molecule has 16 heavy (non-hydrogen) atoms. The third kappa shape index (κ3) is 4.61. The van der Waals surface area contributed by atoms with Gasteiger partial charge in [0.15, 0.2) is 0 Å². The number of amides is 1. The maximum atomic E-state index is 12.0. The van der Waals surface area contributed by atoms with E-state index in [9.17, 15) is 13.6 Å². The highest BCUT2D eigenvalue weighted by atomic mass is 32.2. The Morgan fingerprint density at radius 1 is 1.38 bits per heavy atom. The van der Waals surface area contributed by atoms with Gasteiger partial charge in [-0.2, -0.15) is 8.78 Å². The largest absolute Gasteiger partial charge is 0.326 e. The molecule has 0 atom stereocenters. The molecule has 0 heterocycles. The highest BCUT2D eigenvalue weighted by molar-refractivity contribution is 7.99. The number of nitrogens with one attached hydrogen (secondary N) is 1. The second-order valence-corrected chi connectivity index (χ2v) is 4.26. The first-order valence-electron chi connectivity index (χ1n) is 4.96. The van der Waals surface area contributed by atoms with E-state index in [0.29, 0.717) is 28.8 Å². The zero-order chi connectivity index (χ0) is 12.0. The molecule has 0 aliphatic heterocycles. The van der Waals surface area contributed by atoms with Crippen molar-refractivity contribution < 1.29 is 13.6 Å². The summed E-state index contributed by atoms with van der Waals surface area (Å²) in [5.41, 5.74) is 0.636. The first kappa shape index (κ1) is 13.0. The highest BCUT2D eigenvalue weighted by Crippen LogP contribution is 2.26. The monoisotopic (exact) mass is 245 g/mol. The maximum absolute atomic E-state index is 12.0. The van der Waals surface area contributed by atoms with Crippen LogP contribution in [0, 0.1) is 0 Å². The molecule has 2 nitrogen and oxygen atoms in total. The molecule has 0 aliphatic rings. The van der Waals surface area contributed by atoms with Crippen molar-refractivity contribution in [2.75, 3.05) is 5.32 Å². The van der Waals surface area contributed by atoms with Crippen molar-refractivity contribution in [3.8, 4) is 0 Å². The summed E-state index contributed by atoms with van der Waals surface area (Å²) in [7, 11) is 0. The van der Waals surface area contributed by atoms with Crippen LogP contribution in [-0.4, -0.2) is 11.7 Å². The molecule has 1 amide bonds. The molecule has 88 valence electrons. The molecule has 0 unspecified atom stereocenters. The lowest BCUT2D eigenvalue weighted by Gasteiger charge is -2.05. The van der Waals surface area contributed by atoms with Crippen LogP contribution in [-0.2, 0) is 4.79 Å². The average Bonchev–Trinajstić information content (AvgIpc) is 2.20. The van der Waals surface area contributed by atoms with Gasteiger partial charge in [0.2, 0.25) is 5.91 Å². The van der Waals surface area contributed by atoms with Gasteiger partial charge in [-0.1, -0.05) is 18.7 Å². The van der Waals surface area contributed by atoms with Gasteiger partial charge in [-0.3, -0.25) is 4.79 Å². The summed E-state index contributed by atoms with van der Waals surface area (Å²) in [5, 5.41) is 2.69. The summed E-state index contributed by atoms with van der Waals surface area (Å²) < 4.78 is 24.0. The van der Waals surface area contributed by atoms with E-state index >= 15 is 0 Å². The number of carbonyl (C=O) groups excluding carboxylic acids is 1. The number of carbonyl (C=O) groups is 1. The molecular weight excluding hydrogens is 232 g/mol. The van der Waals surface area contributed by atoms with Gasteiger partial charge in [0, 0.05) is 17.0 Å². The second kappa shape index (κ2) is 6.48. The first-order valence-corrected chi connectivity index (χ1v) is 5.84. The molecule has 0 saturated carbocycles. The normalized spacial score (nSPS) is 10.5. The lowest BCUT2D eigenvalue weighted by Crippen LogP contribution is -2.10. The van der Waals surface area contributed by atoms with Gasteiger partial charge in [0.1, 0.15) is 0 Å². The Morgan fingerprint density at radius 3 is 2.50 bits per heavy atom. The molecule has 5 heteroatoms. The van der Waals surface area contributed by atoms with Crippen LogP contribution in [0.15, 0.2) is 29.2 Å². The minimum absolute atomic E-state index is 0.0586. The Hall–Kier alpha value is -1.10. The van der Waals surface area contributed by atoms with Gasteiger partial charge in [-0.05, 0) is 30.7 Å². The number of rotatable bonds is 5. The molecule has 0 radical (unpaired) electrons. The molecule has 1 N–H and O–H groups in total. The smallest absolute Gasteiger partial charge is 0.288 e. The highest BCUT2D eigenvalue weighted by Gasteiger charge is 2.05. The Labute approximate surface area is 97.4 Å². The molecule has 1 rings (SSSR count). The van der Waals surface area contributed by atoms with Gasteiger partial charge >= 0.3 is 0 Å². The van der Waals surface area contributed by atoms with Crippen LogP contribution in [0.1, 0.15) is 19.8 Å². The number of hydrogen-bond acceptors (Lipinski definition) is 2. The molecule has 0 saturated heterocycles. The van der Waals surface area contributed by atoms with Crippen molar-refractivity contribution in [3.05, 3.63) is 24.3 Å². The third-order valence-corrected chi connectivity index (χ3v) is 2.56. The SMILES string of the molecule is CCCC(=O)Nc1ccc(SC(F)F)cc1. The molecule has 1 aromatic carbocycles. The van der Waals surface area contributed by atoms with E-state index in [1.165, 1.54) is 0 Å². The number of anilines is 1. The van der Waals surface area contributed by atoms with Gasteiger partial charge < -0.3 is 5.32 Å². The van der Waals surface area contributed by atoms with Crippen molar-refractivity contribution in [3.63, 3.8) is 0 Å². The standard InChI is InChI=1S/C11H13F2NOS/c1-2-3-10(15)14-8-4-6-9(7-5-8)16-11(12)13/h4-7,11H,2-3H2,1H3,(H,14,15). The van der Waals surface area contributed by atoms with Crippen molar-refractivity contribution >= 4 is 23.4 Å². The summed E-state index contributed by atoms with van der Waals surface area (Å²) >= 11 is 0.490. The maximum Gasteiger partial charge on any atom is 0.288 e. The summed E-state index contributed by atoms with van der Waals surface area (Å²) in [5.74, 6) is -2.47. The van der Waals surface area contributed by atoms with Crippen LogP contribution < -0.4 is 5.32 Å². The number of thioether (sulfide) groups is 1. The van der Waals surface area contributed by atoms with Crippen LogP contribution in [0.2, 0.25) is 0 Å². The predicted molar refractivity (Wildman–Crippen MR) is 61.8 cm³/mol. The van der Waals surface area contributed by atoms with E-state index in [1.54, 1.807) is 24.3 Å².